The zero-order valence-corrected chi connectivity index (χ0v) is 29.5. The summed E-state index contributed by atoms with van der Waals surface area (Å²) in [6.45, 7) is 0. The van der Waals surface area contributed by atoms with Gasteiger partial charge in [-0.1, -0.05) is 97.1 Å². The van der Waals surface area contributed by atoms with Gasteiger partial charge < -0.3 is 13.7 Å². The molecule has 0 aliphatic heterocycles. The first kappa shape index (κ1) is 30.7. The first-order chi connectivity index (χ1) is 27.2. The third-order valence-electron chi connectivity index (χ3n) is 11.1. The fourth-order valence-electron chi connectivity index (χ4n) is 8.73. The quantitative estimate of drug-likeness (QED) is 0.184. The van der Waals surface area contributed by atoms with Crippen molar-refractivity contribution in [3.63, 3.8) is 0 Å². The number of nitriles is 2. The zero-order valence-electron chi connectivity index (χ0n) is 29.5. The number of benzene rings is 8. The topological polar surface area (TPSA) is 62.4 Å². The number of para-hydroxylation sites is 5. The summed E-state index contributed by atoms with van der Waals surface area (Å²) in [5.41, 5.74) is 12.8. The smallest absolute Gasteiger partial charge is 0.0992 e. The highest BCUT2D eigenvalue weighted by Crippen LogP contribution is 2.40. The molecule has 0 fully saturated rings. The summed E-state index contributed by atoms with van der Waals surface area (Å²) in [5.74, 6) is 0. The van der Waals surface area contributed by atoms with Crippen LogP contribution < -0.4 is 0 Å². The maximum Gasteiger partial charge on any atom is 0.0992 e. The molecule has 254 valence electrons. The van der Waals surface area contributed by atoms with Gasteiger partial charge in [0.25, 0.3) is 0 Å². The first-order valence-corrected chi connectivity index (χ1v) is 18.3. The van der Waals surface area contributed by atoms with Gasteiger partial charge in [-0.25, -0.2) is 0 Å². The van der Waals surface area contributed by atoms with E-state index in [1.165, 1.54) is 21.5 Å². The molecule has 0 radical (unpaired) electrons. The van der Waals surface area contributed by atoms with Crippen molar-refractivity contribution in [3.05, 3.63) is 187 Å². The minimum absolute atomic E-state index is 0.602. The monoisotopic (exact) mass is 699 g/mol. The van der Waals surface area contributed by atoms with Crippen LogP contribution in [0, 0.1) is 22.7 Å². The number of hydrogen-bond acceptors (Lipinski definition) is 2. The largest absolute Gasteiger partial charge is 0.309 e. The summed E-state index contributed by atoms with van der Waals surface area (Å²) in [6.07, 6.45) is 0. The first-order valence-electron chi connectivity index (χ1n) is 18.3. The van der Waals surface area contributed by atoms with E-state index < -0.39 is 0 Å². The van der Waals surface area contributed by atoms with E-state index in [4.69, 9.17) is 0 Å². The minimum Gasteiger partial charge on any atom is -0.309 e. The van der Waals surface area contributed by atoms with Crippen molar-refractivity contribution in [2.75, 3.05) is 0 Å². The van der Waals surface area contributed by atoms with E-state index in [9.17, 15) is 10.5 Å². The lowest BCUT2D eigenvalue weighted by molar-refractivity contribution is 1.13. The van der Waals surface area contributed by atoms with Crippen LogP contribution in [0.1, 0.15) is 11.1 Å². The maximum absolute atomic E-state index is 10.2. The van der Waals surface area contributed by atoms with Crippen LogP contribution in [-0.2, 0) is 0 Å². The van der Waals surface area contributed by atoms with E-state index in [0.717, 1.165) is 72.1 Å². The third kappa shape index (κ3) is 4.51. The van der Waals surface area contributed by atoms with Crippen LogP contribution in [0.5, 0.6) is 0 Å². The molecule has 0 saturated heterocycles. The van der Waals surface area contributed by atoms with Gasteiger partial charge in [-0.3, -0.25) is 0 Å². The number of rotatable bonds is 4. The van der Waals surface area contributed by atoms with Crippen LogP contribution in [0.4, 0.5) is 0 Å². The van der Waals surface area contributed by atoms with Crippen LogP contribution in [0.2, 0.25) is 0 Å². The Morgan fingerprint density at radius 2 is 0.855 bits per heavy atom. The number of fused-ring (bicyclic) bond motifs is 9. The molecule has 8 aromatic carbocycles. The predicted molar refractivity (Wildman–Crippen MR) is 224 cm³/mol. The molecule has 3 heterocycles. The lowest BCUT2D eigenvalue weighted by Gasteiger charge is -2.15. The second kappa shape index (κ2) is 11.8. The lowest BCUT2D eigenvalue weighted by atomic mass is 10.0. The second-order valence-electron chi connectivity index (χ2n) is 14.0. The average Bonchev–Trinajstić information content (AvgIpc) is 3.89. The van der Waals surface area contributed by atoms with E-state index in [0.29, 0.717) is 11.1 Å². The van der Waals surface area contributed by atoms with E-state index in [2.05, 4.69) is 177 Å². The van der Waals surface area contributed by atoms with Crippen LogP contribution in [0.3, 0.4) is 0 Å². The molecule has 0 N–H and O–H groups in total. The standard InChI is InChI=1S/C50H29N5/c51-30-32-20-25-48-43(28-32)42-14-9-19-49(55-46-17-7-3-12-40(46)41-13-4-8-18-47(41)55)50(42)54(48)36-23-21-34(22-24-36)35-26-33(31-52)27-37(29-35)53-44-15-5-1-10-38(44)39-11-2-6-16-45(39)53/h1-29H. The van der Waals surface area contributed by atoms with E-state index in [1.54, 1.807) is 0 Å². The highest BCUT2D eigenvalue weighted by atomic mass is 15.1. The lowest BCUT2D eigenvalue weighted by Crippen LogP contribution is -2.00. The van der Waals surface area contributed by atoms with Gasteiger partial charge in [-0.05, 0) is 90.0 Å². The third-order valence-corrected chi connectivity index (χ3v) is 11.1. The Morgan fingerprint density at radius 3 is 1.44 bits per heavy atom. The summed E-state index contributed by atoms with van der Waals surface area (Å²) >= 11 is 0. The Bertz CT molecular complexity index is 3350. The molecule has 55 heavy (non-hydrogen) atoms. The maximum atomic E-state index is 10.2. The molecule has 0 spiro atoms. The molecule has 5 heteroatoms. The van der Waals surface area contributed by atoms with Gasteiger partial charge in [0, 0.05) is 43.7 Å². The Labute approximate surface area is 316 Å². The van der Waals surface area contributed by atoms with Crippen molar-refractivity contribution in [2.45, 2.75) is 0 Å². The Morgan fingerprint density at radius 1 is 0.327 bits per heavy atom. The molecular formula is C50H29N5. The van der Waals surface area contributed by atoms with Crippen LogP contribution in [-0.4, -0.2) is 13.7 Å². The van der Waals surface area contributed by atoms with E-state index in [1.807, 2.05) is 24.3 Å². The number of nitrogens with zero attached hydrogens (tertiary/aromatic N) is 5. The molecular weight excluding hydrogens is 671 g/mol. The Kier molecular flexibility index (Phi) is 6.61. The van der Waals surface area contributed by atoms with E-state index in [-0.39, 0.29) is 0 Å². The van der Waals surface area contributed by atoms with Gasteiger partial charge in [0.2, 0.25) is 0 Å². The van der Waals surface area contributed by atoms with Crippen molar-refractivity contribution in [1.82, 2.24) is 13.7 Å². The van der Waals surface area contributed by atoms with Crippen LogP contribution in [0.25, 0.3) is 93.6 Å². The molecule has 11 rings (SSSR count). The van der Waals surface area contributed by atoms with Gasteiger partial charge >= 0.3 is 0 Å². The molecule has 0 saturated carbocycles. The van der Waals surface area contributed by atoms with E-state index >= 15 is 0 Å². The van der Waals surface area contributed by atoms with Crippen LogP contribution >= 0.6 is 0 Å². The Balaban J connectivity index is 1.13. The van der Waals surface area contributed by atoms with Crippen molar-refractivity contribution >= 4 is 65.4 Å². The molecule has 5 nitrogen and oxygen atoms in total. The molecule has 3 aromatic heterocycles. The zero-order chi connectivity index (χ0) is 36.6. The van der Waals surface area contributed by atoms with Crippen molar-refractivity contribution in [3.8, 4) is 40.3 Å². The van der Waals surface area contributed by atoms with Gasteiger partial charge in [0.05, 0.1) is 62.1 Å². The van der Waals surface area contributed by atoms with Crippen molar-refractivity contribution in [1.29, 1.82) is 10.5 Å². The van der Waals surface area contributed by atoms with Gasteiger partial charge in [-0.2, -0.15) is 10.5 Å². The van der Waals surface area contributed by atoms with Gasteiger partial charge in [0.1, 0.15) is 0 Å². The SMILES string of the molecule is N#Cc1cc(-c2ccc(-n3c4ccc(C#N)cc4c4cccc(-n5c6ccccc6c6ccccc65)c43)cc2)cc(-n2c3ccccc3c3ccccc32)c1. The summed E-state index contributed by atoms with van der Waals surface area (Å²) in [4.78, 5) is 0. The molecule has 0 aliphatic rings. The molecule has 0 bridgehead atoms. The summed E-state index contributed by atoms with van der Waals surface area (Å²) in [6, 6.07) is 65.9. The van der Waals surface area contributed by atoms with Gasteiger partial charge in [-0.15, -0.1) is 0 Å². The average molecular weight is 700 g/mol. The van der Waals surface area contributed by atoms with Crippen LogP contribution in [0.15, 0.2) is 176 Å². The molecule has 0 aliphatic carbocycles. The second-order valence-corrected chi connectivity index (χ2v) is 14.0. The Hall–Kier alpha value is -7.86. The fourth-order valence-corrected chi connectivity index (χ4v) is 8.73. The van der Waals surface area contributed by atoms with Gasteiger partial charge in [0.15, 0.2) is 0 Å². The number of aromatic nitrogens is 3. The highest BCUT2D eigenvalue weighted by molar-refractivity contribution is 6.15. The summed E-state index contributed by atoms with van der Waals surface area (Å²) in [5, 5.41) is 27.0. The summed E-state index contributed by atoms with van der Waals surface area (Å²) < 4.78 is 6.95. The predicted octanol–water partition coefficient (Wildman–Crippen LogP) is 12.4. The van der Waals surface area contributed by atoms with Crippen molar-refractivity contribution < 1.29 is 0 Å². The molecule has 0 amide bonds. The normalized spacial score (nSPS) is 11.6. The molecule has 0 unspecified atom stereocenters. The van der Waals surface area contributed by atoms with Crippen molar-refractivity contribution in [2.24, 2.45) is 0 Å². The number of hydrogen-bond donors (Lipinski definition) is 0. The molecule has 0 atom stereocenters. The molecule has 11 aromatic rings. The minimum atomic E-state index is 0.602. The summed E-state index contributed by atoms with van der Waals surface area (Å²) in [7, 11) is 0. The fraction of sp³-hybridized carbons (Fsp3) is 0. The highest BCUT2D eigenvalue weighted by Gasteiger charge is 2.21.